The van der Waals surface area contributed by atoms with Crippen LogP contribution in [0.1, 0.15) is 35.9 Å². The SMILES string of the molecule is CC(=O)O[C@@H](C(=O)N1CCOC(COc2ccc(C(C)=O)c(F)c2)C1)c1ccccc1. The summed E-state index contributed by atoms with van der Waals surface area (Å²) in [6.07, 6.45) is -1.48. The molecule has 1 aliphatic heterocycles. The quantitative estimate of drug-likeness (QED) is 0.497. The van der Waals surface area contributed by atoms with E-state index in [9.17, 15) is 18.8 Å². The number of hydrogen-bond acceptors (Lipinski definition) is 6. The Bertz CT molecular complexity index is 948. The number of hydrogen-bond donors (Lipinski definition) is 0. The van der Waals surface area contributed by atoms with Crippen molar-refractivity contribution in [2.24, 2.45) is 0 Å². The smallest absolute Gasteiger partial charge is 0.303 e. The van der Waals surface area contributed by atoms with Gasteiger partial charge in [0.25, 0.3) is 5.91 Å². The molecule has 31 heavy (non-hydrogen) atoms. The lowest BCUT2D eigenvalue weighted by atomic mass is 10.1. The third-order valence-corrected chi connectivity index (χ3v) is 4.82. The molecule has 1 saturated heterocycles. The summed E-state index contributed by atoms with van der Waals surface area (Å²) in [7, 11) is 0. The minimum Gasteiger partial charge on any atom is -0.491 e. The number of ketones is 1. The highest BCUT2D eigenvalue weighted by molar-refractivity contribution is 5.94. The first kappa shape index (κ1) is 22.4. The Hall–Kier alpha value is -3.26. The van der Waals surface area contributed by atoms with Gasteiger partial charge in [0.1, 0.15) is 24.3 Å². The highest BCUT2D eigenvalue weighted by atomic mass is 19.1. The first-order chi connectivity index (χ1) is 14.8. The molecule has 0 saturated carbocycles. The Morgan fingerprint density at radius 1 is 1.16 bits per heavy atom. The van der Waals surface area contributed by atoms with Gasteiger partial charge in [-0.05, 0) is 19.1 Å². The molecule has 164 valence electrons. The van der Waals surface area contributed by atoms with Gasteiger partial charge in [-0.25, -0.2) is 4.39 Å². The molecular formula is C23H24FNO6. The molecular weight excluding hydrogens is 405 g/mol. The van der Waals surface area contributed by atoms with Crippen LogP contribution < -0.4 is 4.74 Å². The van der Waals surface area contributed by atoms with Gasteiger partial charge in [0.05, 0.1) is 18.7 Å². The number of amides is 1. The summed E-state index contributed by atoms with van der Waals surface area (Å²) in [5.41, 5.74) is 0.582. The maximum atomic E-state index is 14.0. The minimum absolute atomic E-state index is 0.00420. The number of ether oxygens (including phenoxy) is 3. The Morgan fingerprint density at radius 2 is 1.90 bits per heavy atom. The fraction of sp³-hybridized carbons (Fsp3) is 0.348. The molecule has 2 aromatic rings. The maximum Gasteiger partial charge on any atom is 0.303 e. The van der Waals surface area contributed by atoms with E-state index in [0.29, 0.717) is 18.7 Å². The first-order valence-electron chi connectivity index (χ1n) is 9.91. The van der Waals surface area contributed by atoms with Crippen LogP contribution in [0.5, 0.6) is 5.75 Å². The fourth-order valence-corrected chi connectivity index (χ4v) is 3.30. The Balaban J connectivity index is 1.64. The summed E-state index contributed by atoms with van der Waals surface area (Å²) in [6.45, 7) is 3.51. The predicted molar refractivity (Wildman–Crippen MR) is 109 cm³/mol. The van der Waals surface area contributed by atoms with E-state index in [-0.39, 0.29) is 36.2 Å². The highest BCUT2D eigenvalue weighted by Gasteiger charge is 2.32. The summed E-state index contributed by atoms with van der Waals surface area (Å²) in [4.78, 5) is 37.5. The summed E-state index contributed by atoms with van der Waals surface area (Å²) in [5, 5.41) is 0. The summed E-state index contributed by atoms with van der Waals surface area (Å²) < 4.78 is 30.5. The summed E-state index contributed by atoms with van der Waals surface area (Å²) in [6, 6.07) is 12.8. The van der Waals surface area contributed by atoms with Crippen molar-refractivity contribution >= 4 is 17.7 Å². The molecule has 0 radical (unpaired) electrons. The molecule has 0 aliphatic carbocycles. The zero-order chi connectivity index (χ0) is 22.4. The van der Waals surface area contributed by atoms with Crippen LogP contribution in [0.4, 0.5) is 4.39 Å². The van der Waals surface area contributed by atoms with E-state index in [1.165, 1.54) is 26.0 Å². The Kier molecular flexibility index (Phi) is 7.36. The van der Waals surface area contributed by atoms with Crippen molar-refractivity contribution in [2.75, 3.05) is 26.3 Å². The highest BCUT2D eigenvalue weighted by Crippen LogP contribution is 2.23. The Morgan fingerprint density at radius 3 is 2.55 bits per heavy atom. The number of carbonyl (C=O) groups excluding carboxylic acids is 3. The van der Waals surface area contributed by atoms with E-state index in [4.69, 9.17) is 14.2 Å². The molecule has 1 unspecified atom stereocenters. The van der Waals surface area contributed by atoms with Crippen LogP contribution in [-0.4, -0.2) is 55.0 Å². The van der Waals surface area contributed by atoms with E-state index in [1.807, 2.05) is 6.07 Å². The predicted octanol–water partition coefficient (Wildman–Crippen LogP) is 2.94. The number of rotatable bonds is 7. The van der Waals surface area contributed by atoms with E-state index >= 15 is 0 Å². The van der Waals surface area contributed by atoms with Crippen molar-refractivity contribution in [3.8, 4) is 5.75 Å². The van der Waals surface area contributed by atoms with Gasteiger partial charge in [-0.3, -0.25) is 14.4 Å². The minimum atomic E-state index is -1.04. The first-order valence-corrected chi connectivity index (χ1v) is 9.91. The number of nitrogens with zero attached hydrogens (tertiary/aromatic N) is 1. The lowest BCUT2D eigenvalue weighted by molar-refractivity contribution is -0.163. The lowest BCUT2D eigenvalue weighted by Crippen LogP contribution is -2.49. The van der Waals surface area contributed by atoms with Crippen LogP contribution >= 0.6 is 0 Å². The van der Waals surface area contributed by atoms with Gasteiger partial charge < -0.3 is 19.1 Å². The number of halogens is 1. The van der Waals surface area contributed by atoms with Gasteiger partial charge in [-0.2, -0.15) is 0 Å². The van der Waals surface area contributed by atoms with Crippen LogP contribution in [0.25, 0.3) is 0 Å². The number of Topliss-reactive ketones (excluding diaryl/α,β-unsaturated/α-hetero) is 1. The molecule has 2 aromatic carbocycles. The van der Waals surface area contributed by atoms with Crippen LogP contribution in [0.3, 0.4) is 0 Å². The molecule has 1 fully saturated rings. The lowest BCUT2D eigenvalue weighted by Gasteiger charge is -2.34. The van der Waals surface area contributed by atoms with Gasteiger partial charge in [-0.1, -0.05) is 30.3 Å². The summed E-state index contributed by atoms with van der Waals surface area (Å²) >= 11 is 0. The molecule has 0 N–H and O–H groups in total. The van der Waals surface area contributed by atoms with Crippen LogP contribution in [0.15, 0.2) is 48.5 Å². The molecule has 0 bridgehead atoms. The Labute approximate surface area is 179 Å². The fourth-order valence-electron chi connectivity index (χ4n) is 3.30. The molecule has 3 rings (SSSR count). The van der Waals surface area contributed by atoms with Crippen LogP contribution in [0.2, 0.25) is 0 Å². The van der Waals surface area contributed by atoms with E-state index in [2.05, 4.69) is 0 Å². The molecule has 0 aromatic heterocycles. The van der Waals surface area contributed by atoms with Gasteiger partial charge in [0.2, 0.25) is 6.10 Å². The third-order valence-electron chi connectivity index (χ3n) is 4.82. The van der Waals surface area contributed by atoms with Crippen LogP contribution in [0, 0.1) is 5.82 Å². The zero-order valence-corrected chi connectivity index (χ0v) is 17.4. The second kappa shape index (κ2) is 10.2. The maximum absolute atomic E-state index is 14.0. The van der Waals surface area contributed by atoms with Crippen molar-refractivity contribution < 1.29 is 33.0 Å². The topological polar surface area (TPSA) is 82.1 Å². The van der Waals surface area contributed by atoms with Gasteiger partial charge in [0, 0.05) is 25.1 Å². The molecule has 7 nitrogen and oxygen atoms in total. The molecule has 1 heterocycles. The van der Waals surface area contributed by atoms with Crippen molar-refractivity contribution in [2.45, 2.75) is 26.1 Å². The standard InChI is InChI=1S/C23H24FNO6/c1-15(26)20-9-8-18(12-21(20)24)30-14-19-13-25(10-11-29-19)23(28)22(31-16(2)27)17-6-4-3-5-7-17/h3-9,12,19,22H,10-11,13-14H2,1-2H3/t19?,22-/m1/s1. The van der Waals surface area contributed by atoms with E-state index < -0.39 is 24.0 Å². The normalized spacial score (nSPS) is 17.0. The average Bonchev–Trinajstić information content (AvgIpc) is 2.76. The zero-order valence-electron chi connectivity index (χ0n) is 17.4. The molecule has 0 spiro atoms. The van der Waals surface area contributed by atoms with Crippen molar-refractivity contribution in [1.82, 2.24) is 4.90 Å². The third kappa shape index (κ3) is 5.88. The summed E-state index contributed by atoms with van der Waals surface area (Å²) in [5.74, 6) is -1.65. The second-order valence-electron chi connectivity index (χ2n) is 7.19. The van der Waals surface area contributed by atoms with Crippen LogP contribution in [-0.2, 0) is 19.1 Å². The van der Waals surface area contributed by atoms with Gasteiger partial charge in [0.15, 0.2) is 5.78 Å². The number of morpholine rings is 1. The van der Waals surface area contributed by atoms with Gasteiger partial charge in [-0.15, -0.1) is 0 Å². The molecule has 1 aliphatic rings. The van der Waals surface area contributed by atoms with Gasteiger partial charge >= 0.3 is 5.97 Å². The largest absolute Gasteiger partial charge is 0.491 e. The van der Waals surface area contributed by atoms with Crippen molar-refractivity contribution in [3.63, 3.8) is 0 Å². The molecule has 8 heteroatoms. The number of carbonyl (C=O) groups is 3. The van der Waals surface area contributed by atoms with E-state index in [1.54, 1.807) is 29.2 Å². The van der Waals surface area contributed by atoms with Crippen molar-refractivity contribution in [3.05, 3.63) is 65.5 Å². The molecule has 1 amide bonds. The monoisotopic (exact) mass is 429 g/mol. The number of esters is 1. The van der Waals surface area contributed by atoms with Crippen molar-refractivity contribution in [1.29, 1.82) is 0 Å². The second-order valence-corrected chi connectivity index (χ2v) is 7.19. The average molecular weight is 429 g/mol. The van der Waals surface area contributed by atoms with E-state index in [0.717, 1.165) is 6.07 Å². The molecule has 2 atom stereocenters. The number of benzene rings is 2.